The summed E-state index contributed by atoms with van der Waals surface area (Å²) in [5, 5.41) is 46.0. The van der Waals surface area contributed by atoms with Crippen LogP contribution in [0.2, 0.25) is 0 Å². The fourth-order valence-corrected chi connectivity index (χ4v) is 4.53. The van der Waals surface area contributed by atoms with Crippen molar-refractivity contribution in [2.24, 2.45) is 0 Å². The van der Waals surface area contributed by atoms with Crippen LogP contribution in [-0.4, -0.2) is 15.3 Å². The summed E-state index contributed by atoms with van der Waals surface area (Å²) >= 11 is 0. The van der Waals surface area contributed by atoms with Crippen molar-refractivity contribution in [2.75, 3.05) is 0 Å². The molecule has 0 saturated carbocycles. The zero-order valence-corrected chi connectivity index (χ0v) is 19.2. The second-order valence-electron chi connectivity index (χ2n) is 8.39. The Morgan fingerprint density at radius 2 is 0.647 bits per heavy atom. The summed E-state index contributed by atoms with van der Waals surface area (Å²) in [5.74, 6) is 0.396. The van der Waals surface area contributed by atoms with E-state index in [1.165, 1.54) is 0 Å². The largest absolute Gasteiger partial charge is 0.872 e. The van der Waals surface area contributed by atoms with Gasteiger partial charge in [-0.1, -0.05) is 83.9 Å². The Kier molecular flexibility index (Phi) is 7.15. The minimum atomic E-state index is -0.0722. The molecule has 0 saturated heterocycles. The summed E-state index contributed by atoms with van der Waals surface area (Å²) in [6.45, 7) is 0. The normalized spacial score (nSPS) is 12.2. The number of rotatable bonds is 0. The number of hydrogen-bond acceptors (Lipinski definition) is 5. The quantitative estimate of drug-likeness (QED) is 0.218. The standard InChI is InChI=1S/C28H24O4.2H3N/c29-25-17-5-1-6-18(25)14-20-8-3-10-22(27(20)31)16-24-12-4-11-23(28(24)32)15-21-9-2-7-19(13-17)26(21)30;;/h1-12,29-32H,13-16H2;2*1H3. The van der Waals surface area contributed by atoms with E-state index in [1.807, 2.05) is 60.7 Å². The second-order valence-corrected chi connectivity index (χ2v) is 8.39. The van der Waals surface area contributed by atoms with E-state index in [9.17, 15) is 20.4 Å². The van der Waals surface area contributed by atoms with Gasteiger partial charge in [0, 0.05) is 25.7 Å². The van der Waals surface area contributed by atoms with Crippen LogP contribution < -0.4 is 17.4 Å². The van der Waals surface area contributed by atoms with Crippen molar-refractivity contribution in [3.63, 3.8) is 0 Å². The van der Waals surface area contributed by atoms with Crippen LogP contribution in [0, 0.1) is 0 Å². The number of phenolic OH excluding ortho intramolecular Hbond substituents is 3. The number of fused-ring (bicyclic) bond motifs is 8. The molecule has 4 aromatic carbocycles. The third-order valence-corrected chi connectivity index (χ3v) is 6.31. The summed E-state index contributed by atoms with van der Waals surface area (Å²) in [4.78, 5) is 0. The molecule has 6 nitrogen and oxygen atoms in total. The number of hydrogen-bond donors (Lipinski definition) is 5. The Labute approximate surface area is 199 Å². The van der Waals surface area contributed by atoms with E-state index in [1.54, 1.807) is 12.1 Å². The molecule has 8 bridgehead atoms. The van der Waals surface area contributed by atoms with E-state index >= 15 is 0 Å². The molecule has 34 heavy (non-hydrogen) atoms. The van der Waals surface area contributed by atoms with Gasteiger partial charge in [0.2, 0.25) is 0 Å². The molecule has 0 spiro atoms. The lowest BCUT2D eigenvalue weighted by molar-refractivity contribution is -0.270. The molecule has 0 atom stereocenters. The van der Waals surface area contributed by atoms with Crippen LogP contribution in [0.25, 0.3) is 0 Å². The van der Waals surface area contributed by atoms with Crippen molar-refractivity contribution in [3.8, 4) is 23.0 Å². The molecule has 176 valence electrons. The third kappa shape index (κ3) is 4.41. The van der Waals surface area contributed by atoms with Gasteiger partial charge in [-0.3, -0.25) is 0 Å². The van der Waals surface area contributed by atoms with Crippen LogP contribution in [0.5, 0.6) is 23.0 Å². The average Bonchev–Trinajstić information content (AvgIpc) is 2.78. The van der Waals surface area contributed by atoms with Crippen LogP contribution in [-0.2, 0) is 25.7 Å². The first-order valence-corrected chi connectivity index (χ1v) is 10.7. The fourth-order valence-electron chi connectivity index (χ4n) is 4.53. The number of benzene rings is 4. The first-order chi connectivity index (χ1) is 15.5. The predicted octanol–water partition coefficient (Wildman–Crippen LogP) is 5.09. The van der Waals surface area contributed by atoms with Gasteiger partial charge in [-0.25, -0.2) is 0 Å². The Morgan fingerprint density at radius 3 is 0.912 bits per heavy atom. The third-order valence-electron chi connectivity index (χ3n) is 6.31. The second kappa shape index (κ2) is 9.87. The molecule has 0 radical (unpaired) electrons. The molecule has 6 heteroatoms. The van der Waals surface area contributed by atoms with Gasteiger partial charge in [-0.2, -0.15) is 0 Å². The van der Waals surface area contributed by atoms with Crippen molar-refractivity contribution >= 4 is 0 Å². The number of para-hydroxylation sites is 4. The maximum Gasteiger partial charge on any atom is 0.122 e. The summed E-state index contributed by atoms with van der Waals surface area (Å²) in [5.41, 5.74) is 5.32. The molecule has 0 amide bonds. The Morgan fingerprint density at radius 1 is 0.441 bits per heavy atom. The first-order valence-electron chi connectivity index (χ1n) is 10.7. The van der Waals surface area contributed by atoms with Crippen LogP contribution in [0.1, 0.15) is 44.5 Å². The lowest BCUT2D eigenvalue weighted by Crippen LogP contribution is -2.05. The van der Waals surface area contributed by atoms with Crippen molar-refractivity contribution in [1.29, 1.82) is 0 Å². The average molecular weight is 459 g/mol. The molecule has 4 aromatic rings. The Balaban J connectivity index is 0.00000162. The van der Waals surface area contributed by atoms with E-state index < -0.39 is 0 Å². The molecular formula is C28H30N2O4. The molecule has 0 heterocycles. The van der Waals surface area contributed by atoms with E-state index in [0.29, 0.717) is 70.2 Å². The van der Waals surface area contributed by atoms with Crippen molar-refractivity contribution in [1.82, 2.24) is 12.3 Å². The Hall–Kier alpha value is -4.00. The van der Waals surface area contributed by atoms with Gasteiger partial charge in [0.15, 0.2) is 0 Å². The lowest BCUT2D eigenvalue weighted by atomic mass is 9.91. The van der Waals surface area contributed by atoms with Crippen molar-refractivity contribution in [2.45, 2.75) is 25.7 Å². The number of aromatic hydroxyl groups is 3. The van der Waals surface area contributed by atoms with Crippen LogP contribution >= 0.6 is 0 Å². The van der Waals surface area contributed by atoms with Gasteiger partial charge in [-0.15, -0.1) is 5.75 Å². The SMILES string of the molecule is N.[NH4+].[O-]c1c2cccc1Cc1cccc(c1O)Cc1cccc(c1O)Cc1cccc(c1O)C2. The minimum absolute atomic E-state index is 0. The molecule has 0 fully saturated rings. The molecule has 0 aromatic heterocycles. The highest BCUT2D eigenvalue weighted by Crippen LogP contribution is 2.36. The summed E-state index contributed by atoms with van der Waals surface area (Å²) in [6, 6.07) is 22.0. The highest BCUT2D eigenvalue weighted by Gasteiger charge is 2.16. The molecule has 0 aliphatic heterocycles. The van der Waals surface area contributed by atoms with Crippen LogP contribution in [0.3, 0.4) is 0 Å². The molecule has 1 aliphatic rings. The topological polar surface area (TPSA) is 155 Å². The molecule has 10 N–H and O–H groups in total. The van der Waals surface area contributed by atoms with Gasteiger partial charge in [0.1, 0.15) is 17.2 Å². The highest BCUT2D eigenvalue weighted by atomic mass is 16.3. The zero-order chi connectivity index (χ0) is 22.2. The smallest absolute Gasteiger partial charge is 0.122 e. The van der Waals surface area contributed by atoms with Crippen molar-refractivity contribution in [3.05, 3.63) is 117 Å². The zero-order valence-electron chi connectivity index (χ0n) is 19.2. The van der Waals surface area contributed by atoms with Crippen molar-refractivity contribution < 1.29 is 20.4 Å². The highest BCUT2D eigenvalue weighted by molar-refractivity contribution is 5.54. The van der Waals surface area contributed by atoms with E-state index in [0.717, 1.165) is 0 Å². The van der Waals surface area contributed by atoms with Gasteiger partial charge >= 0.3 is 0 Å². The monoisotopic (exact) mass is 458 g/mol. The van der Waals surface area contributed by atoms with Crippen LogP contribution in [0.4, 0.5) is 0 Å². The Bertz CT molecular complexity index is 1050. The number of phenols is 3. The number of quaternary nitrogens is 1. The van der Waals surface area contributed by atoms with Gasteiger partial charge in [0.25, 0.3) is 0 Å². The van der Waals surface area contributed by atoms with Gasteiger partial charge < -0.3 is 32.7 Å². The molecule has 0 unspecified atom stereocenters. The predicted molar refractivity (Wildman–Crippen MR) is 132 cm³/mol. The lowest BCUT2D eigenvalue weighted by Gasteiger charge is -2.21. The maximum atomic E-state index is 13.2. The van der Waals surface area contributed by atoms with Gasteiger partial charge in [0.05, 0.1) is 0 Å². The first kappa shape index (κ1) is 24.6. The minimum Gasteiger partial charge on any atom is -0.872 e. The van der Waals surface area contributed by atoms with E-state index in [4.69, 9.17) is 0 Å². The fraction of sp³-hybridized carbons (Fsp3) is 0.143. The maximum absolute atomic E-state index is 13.2. The van der Waals surface area contributed by atoms with Crippen LogP contribution in [0.15, 0.2) is 72.8 Å². The summed E-state index contributed by atoms with van der Waals surface area (Å²) < 4.78 is 0. The molecular weight excluding hydrogens is 428 g/mol. The molecule has 5 rings (SSSR count). The molecule has 1 aliphatic carbocycles. The van der Waals surface area contributed by atoms with E-state index in [-0.39, 0.29) is 35.3 Å². The van der Waals surface area contributed by atoms with Gasteiger partial charge in [-0.05, 0) is 33.4 Å². The van der Waals surface area contributed by atoms with E-state index in [2.05, 4.69) is 0 Å². The summed E-state index contributed by atoms with van der Waals surface area (Å²) in [7, 11) is 0. The summed E-state index contributed by atoms with van der Waals surface area (Å²) in [6.07, 6.45) is 1.33.